The lowest BCUT2D eigenvalue weighted by Gasteiger charge is -2.33. The van der Waals surface area contributed by atoms with E-state index in [1.54, 1.807) is 7.11 Å². The Labute approximate surface area is 115 Å². The average Bonchev–Trinajstić information content (AvgIpc) is 2.89. The zero-order valence-electron chi connectivity index (χ0n) is 12.0. The Morgan fingerprint density at radius 2 is 2.11 bits per heavy atom. The highest BCUT2D eigenvalue weighted by molar-refractivity contribution is 5.78. The van der Waals surface area contributed by atoms with Crippen LogP contribution in [0.15, 0.2) is 0 Å². The molecule has 2 heterocycles. The predicted octanol–water partition coefficient (Wildman–Crippen LogP) is -0.844. The number of likely N-dealkylation sites (N-methyl/N-ethyl adjacent to an activating group) is 1. The van der Waals surface area contributed by atoms with Gasteiger partial charge in [0.25, 0.3) is 0 Å². The maximum absolute atomic E-state index is 12.0. The van der Waals surface area contributed by atoms with Gasteiger partial charge in [0, 0.05) is 52.9 Å². The lowest BCUT2D eigenvalue weighted by atomic mass is 10.0. The average molecular weight is 271 g/mol. The van der Waals surface area contributed by atoms with E-state index in [4.69, 9.17) is 9.47 Å². The molecule has 2 saturated heterocycles. The molecule has 110 valence electrons. The van der Waals surface area contributed by atoms with Gasteiger partial charge in [-0.25, -0.2) is 0 Å². The minimum Gasteiger partial charge on any atom is -0.378 e. The summed E-state index contributed by atoms with van der Waals surface area (Å²) in [5, 5.41) is 3.22. The van der Waals surface area contributed by atoms with Crippen LogP contribution < -0.4 is 5.32 Å². The van der Waals surface area contributed by atoms with Crippen molar-refractivity contribution in [3.63, 3.8) is 0 Å². The number of carbonyl (C=O) groups excluding carboxylic acids is 1. The van der Waals surface area contributed by atoms with Gasteiger partial charge in [-0.2, -0.15) is 0 Å². The first-order valence-electron chi connectivity index (χ1n) is 6.95. The Hall–Kier alpha value is -0.690. The number of rotatable bonds is 5. The van der Waals surface area contributed by atoms with E-state index in [0.717, 1.165) is 39.2 Å². The minimum atomic E-state index is -0.248. The number of nitrogens with one attached hydrogen (secondary N) is 1. The molecular weight excluding hydrogens is 246 g/mol. The molecule has 0 aromatic heterocycles. The van der Waals surface area contributed by atoms with Crippen LogP contribution in [0.3, 0.4) is 0 Å². The first-order valence-corrected chi connectivity index (χ1v) is 6.95. The second-order valence-electron chi connectivity index (χ2n) is 5.48. The Bertz CT molecular complexity index is 298. The molecule has 0 spiro atoms. The molecule has 0 aromatic rings. The van der Waals surface area contributed by atoms with Crippen molar-refractivity contribution in [1.82, 2.24) is 15.1 Å². The second-order valence-corrected chi connectivity index (χ2v) is 5.48. The van der Waals surface area contributed by atoms with Crippen molar-refractivity contribution in [2.24, 2.45) is 0 Å². The summed E-state index contributed by atoms with van der Waals surface area (Å²) in [5.74, 6) is 0.179. The molecular formula is C13H25N3O3. The maximum atomic E-state index is 12.0. The molecule has 1 unspecified atom stereocenters. The van der Waals surface area contributed by atoms with Crippen LogP contribution in [-0.2, 0) is 14.3 Å². The highest BCUT2D eigenvalue weighted by atomic mass is 16.5. The number of nitrogens with zero attached hydrogens (tertiary/aromatic N) is 2. The van der Waals surface area contributed by atoms with Gasteiger partial charge in [-0.05, 0) is 7.05 Å². The molecule has 0 radical (unpaired) electrons. The molecule has 2 aliphatic rings. The van der Waals surface area contributed by atoms with Crippen molar-refractivity contribution >= 4 is 5.91 Å². The predicted molar refractivity (Wildman–Crippen MR) is 72.1 cm³/mol. The standard InChI is InChI=1S/C13H25N3O3/c1-15-4-6-16(7-5-15)12(17)9-14-10-13(18-2)3-8-19-11-13/h14H,3-11H2,1-2H3. The molecule has 2 fully saturated rings. The summed E-state index contributed by atoms with van der Waals surface area (Å²) < 4.78 is 10.9. The lowest BCUT2D eigenvalue weighted by Crippen LogP contribution is -2.51. The van der Waals surface area contributed by atoms with Gasteiger partial charge in [0.2, 0.25) is 5.91 Å². The molecule has 1 N–H and O–H groups in total. The molecule has 0 aliphatic carbocycles. The van der Waals surface area contributed by atoms with Crippen LogP contribution in [0.1, 0.15) is 6.42 Å². The topological polar surface area (TPSA) is 54.0 Å². The van der Waals surface area contributed by atoms with Gasteiger partial charge >= 0.3 is 0 Å². The fourth-order valence-electron chi connectivity index (χ4n) is 2.53. The largest absolute Gasteiger partial charge is 0.378 e. The van der Waals surface area contributed by atoms with E-state index in [2.05, 4.69) is 17.3 Å². The van der Waals surface area contributed by atoms with E-state index in [1.807, 2.05) is 4.90 Å². The van der Waals surface area contributed by atoms with E-state index < -0.39 is 0 Å². The van der Waals surface area contributed by atoms with Crippen LogP contribution in [0.4, 0.5) is 0 Å². The van der Waals surface area contributed by atoms with Crippen LogP contribution in [0.2, 0.25) is 0 Å². The van der Waals surface area contributed by atoms with Crippen LogP contribution in [0.5, 0.6) is 0 Å². The van der Waals surface area contributed by atoms with Gasteiger partial charge in [0.15, 0.2) is 0 Å². The molecule has 6 nitrogen and oxygen atoms in total. The van der Waals surface area contributed by atoms with E-state index >= 15 is 0 Å². The summed E-state index contributed by atoms with van der Waals surface area (Å²) in [5.41, 5.74) is -0.248. The minimum absolute atomic E-state index is 0.179. The third-order valence-electron chi connectivity index (χ3n) is 4.08. The van der Waals surface area contributed by atoms with E-state index in [0.29, 0.717) is 19.7 Å². The van der Waals surface area contributed by atoms with Crippen LogP contribution in [-0.4, -0.2) is 87.9 Å². The van der Waals surface area contributed by atoms with Crippen molar-refractivity contribution in [1.29, 1.82) is 0 Å². The normalized spacial score (nSPS) is 28.8. The molecule has 6 heteroatoms. The third kappa shape index (κ3) is 3.89. The summed E-state index contributed by atoms with van der Waals surface area (Å²) in [4.78, 5) is 16.2. The van der Waals surface area contributed by atoms with E-state index in [1.165, 1.54) is 0 Å². The van der Waals surface area contributed by atoms with Crippen LogP contribution in [0.25, 0.3) is 0 Å². The molecule has 19 heavy (non-hydrogen) atoms. The van der Waals surface area contributed by atoms with Gasteiger partial charge < -0.3 is 24.6 Å². The Morgan fingerprint density at radius 1 is 1.37 bits per heavy atom. The molecule has 1 atom stereocenters. The number of ether oxygens (including phenoxy) is 2. The van der Waals surface area contributed by atoms with Crippen LogP contribution in [0, 0.1) is 0 Å². The van der Waals surface area contributed by atoms with E-state index in [9.17, 15) is 4.79 Å². The summed E-state index contributed by atoms with van der Waals surface area (Å²) in [6.45, 7) is 5.98. The first kappa shape index (κ1) is 14.7. The molecule has 1 amide bonds. The Balaban J connectivity index is 1.69. The SMILES string of the molecule is COC1(CNCC(=O)N2CCN(C)CC2)CCOC1. The smallest absolute Gasteiger partial charge is 0.236 e. The monoisotopic (exact) mass is 271 g/mol. The van der Waals surface area contributed by atoms with Crippen molar-refractivity contribution in [3.8, 4) is 0 Å². The second kappa shape index (κ2) is 6.65. The number of hydrogen-bond donors (Lipinski definition) is 1. The zero-order valence-corrected chi connectivity index (χ0v) is 12.0. The van der Waals surface area contributed by atoms with Gasteiger partial charge in [-0.1, -0.05) is 0 Å². The summed E-state index contributed by atoms with van der Waals surface area (Å²) in [6.07, 6.45) is 0.888. The molecule has 2 aliphatic heterocycles. The maximum Gasteiger partial charge on any atom is 0.236 e. The Kier molecular flexibility index (Phi) is 5.15. The number of amides is 1. The summed E-state index contributed by atoms with van der Waals surface area (Å²) >= 11 is 0. The number of hydrogen-bond acceptors (Lipinski definition) is 5. The third-order valence-corrected chi connectivity index (χ3v) is 4.08. The summed E-state index contributed by atoms with van der Waals surface area (Å²) in [6, 6.07) is 0. The van der Waals surface area contributed by atoms with E-state index in [-0.39, 0.29) is 11.5 Å². The molecule has 0 saturated carbocycles. The van der Waals surface area contributed by atoms with Crippen LogP contribution >= 0.6 is 0 Å². The summed E-state index contributed by atoms with van der Waals surface area (Å²) in [7, 11) is 3.79. The Morgan fingerprint density at radius 3 is 2.68 bits per heavy atom. The molecule has 0 aromatic carbocycles. The fraction of sp³-hybridized carbons (Fsp3) is 0.923. The number of piperazine rings is 1. The fourth-order valence-corrected chi connectivity index (χ4v) is 2.53. The van der Waals surface area contributed by atoms with Crippen molar-refractivity contribution in [2.75, 3.05) is 66.6 Å². The lowest BCUT2D eigenvalue weighted by molar-refractivity contribution is -0.132. The first-order chi connectivity index (χ1) is 9.15. The quantitative estimate of drug-likeness (QED) is 0.706. The number of carbonyl (C=O) groups is 1. The molecule has 2 rings (SSSR count). The van der Waals surface area contributed by atoms with Crippen molar-refractivity contribution < 1.29 is 14.3 Å². The highest BCUT2D eigenvalue weighted by Crippen LogP contribution is 2.21. The van der Waals surface area contributed by atoms with Crippen molar-refractivity contribution in [3.05, 3.63) is 0 Å². The molecule has 0 bridgehead atoms. The zero-order chi connectivity index (χ0) is 13.7. The van der Waals surface area contributed by atoms with Gasteiger partial charge in [0.05, 0.1) is 13.2 Å². The van der Waals surface area contributed by atoms with Gasteiger partial charge in [-0.3, -0.25) is 4.79 Å². The van der Waals surface area contributed by atoms with Crippen molar-refractivity contribution in [2.45, 2.75) is 12.0 Å². The van der Waals surface area contributed by atoms with Gasteiger partial charge in [0.1, 0.15) is 5.60 Å². The number of methoxy groups -OCH3 is 1. The highest BCUT2D eigenvalue weighted by Gasteiger charge is 2.34. The van der Waals surface area contributed by atoms with Gasteiger partial charge in [-0.15, -0.1) is 0 Å².